The van der Waals surface area contributed by atoms with Gasteiger partial charge in [-0.1, -0.05) is 19.3 Å². The standard InChI is InChI=1S/C11H23NOS/c1-12(7-8-13)9-11(10-14)5-3-2-4-6-11/h13-14H,2-10H2,1H3. The maximum absolute atomic E-state index is 8.86. The highest BCUT2D eigenvalue weighted by molar-refractivity contribution is 7.80. The van der Waals surface area contributed by atoms with Gasteiger partial charge < -0.3 is 10.0 Å². The second-order valence-electron chi connectivity index (χ2n) is 4.68. The van der Waals surface area contributed by atoms with Gasteiger partial charge in [-0.05, 0) is 31.1 Å². The van der Waals surface area contributed by atoms with Gasteiger partial charge in [0, 0.05) is 13.1 Å². The van der Waals surface area contributed by atoms with E-state index in [0.29, 0.717) is 5.41 Å². The van der Waals surface area contributed by atoms with Crippen molar-refractivity contribution in [2.45, 2.75) is 32.1 Å². The predicted octanol–water partition coefficient (Wildman–Crippen LogP) is 1.79. The number of rotatable bonds is 5. The number of aliphatic hydroxyl groups excluding tert-OH is 1. The molecule has 14 heavy (non-hydrogen) atoms. The molecule has 0 amide bonds. The van der Waals surface area contributed by atoms with E-state index >= 15 is 0 Å². The maximum Gasteiger partial charge on any atom is 0.0558 e. The van der Waals surface area contributed by atoms with Gasteiger partial charge in [0.2, 0.25) is 0 Å². The number of aliphatic hydroxyl groups is 1. The molecule has 1 aliphatic carbocycles. The van der Waals surface area contributed by atoms with Crippen LogP contribution in [0.4, 0.5) is 0 Å². The summed E-state index contributed by atoms with van der Waals surface area (Å²) >= 11 is 4.50. The molecular formula is C11H23NOS. The van der Waals surface area contributed by atoms with Crippen LogP contribution in [0, 0.1) is 5.41 Å². The topological polar surface area (TPSA) is 23.5 Å². The second-order valence-corrected chi connectivity index (χ2v) is 5.00. The number of likely N-dealkylation sites (N-methyl/N-ethyl adjacent to an activating group) is 1. The van der Waals surface area contributed by atoms with Crippen molar-refractivity contribution in [2.75, 3.05) is 32.5 Å². The normalized spacial score (nSPS) is 21.4. The zero-order valence-corrected chi connectivity index (χ0v) is 10.1. The number of hydrogen-bond donors (Lipinski definition) is 2. The third kappa shape index (κ3) is 3.44. The Bertz CT molecular complexity index is 157. The van der Waals surface area contributed by atoms with Gasteiger partial charge >= 0.3 is 0 Å². The average Bonchev–Trinajstić information content (AvgIpc) is 2.19. The molecule has 0 spiro atoms. The highest BCUT2D eigenvalue weighted by atomic mass is 32.1. The molecule has 0 bridgehead atoms. The minimum atomic E-state index is 0.263. The van der Waals surface area contributed by atoms with Gasteiger partial charge in [0.1, 0.15) is 0 Å². The first-order valence-corrected chi connectivity index (χ1v) is 6.26. The van der Waals surface area contributed by atoms with Crippen molar-refractivity contribution in [3.8, 4) is 0 Å². The molecule has 0 heterocycles. The fourth-order valence-electron chi connectivity index (χ4n) is 2.49. The molecule has 1 fully saturated rings. The molecule has 0 unspecified atom stereocenters. The van der Waals surface area contributed by atoms with Crippen molar-refractivity contribution in [2.24, 2.45) is 5.41 Å². The van der Waals surface area contributed by atoms with E-state index in [4.69, 9.17) is 5.11 Å². The third-order valence-electron chi connectivity index (χ3n) is 3.34. The smallest absolute Gasteiger partial charge is 0.0558 e. The van der Waals surface area contributed by atoms with Crippen LogP contribution in [-0.2, 0) is 0 Å². The van der Waals surface area contributed by atoms with E-state index < -0.39 is 0 Å². The summed E-state index contributed by atoms with van der Waals surface area (Å²) in [4.78, 5) is 2.24. The summed E-state index contributed by atoms with van der Waals surface area (Å²) in [7, 11) is 2.09. The fraction of sp³-hybridized carbons (Fsp3) is 1.00. The lowest BCUT2D eigenvalue weighted by Crippen LogP contribution is -2.39. The van der Waals surface area contributed by atoms with Crippen LogP contribution in [0.25, 0.3) is 0 Å². The van der Waals surface area contributed by atoms with Gasteiger partial charge in [-0.15, -0.1) is 0 Å². The van der Waals surface area contributed by atoms with E-state index in [-0.39, 0.29) is 6.61 Å². The summed E-state index contributed by atoms with van der Waals surface area (Å²) in [5.74, 6) is 0.989. The summed E-state index contributed by atoms with van der Waals surface area (Å²) < 4.78 is 0. The molecule has 84 valence electrons. The number of nitrogens with zero attached hydrogens (tertiary/aromatic N) is 1. The highest BCUT2D eigenvalue weighted by Gasteiger charge is 2.31. The van der Waals surface area contributed by atoms with E-state index in [0.717, 1.165) is 18.8 Å². The Balaban J connectivity index is 2.42. The van der Waals surface area contributed by atoms with Crippen LogP contribution in [-0.4, -0.2) is 42.5 Å². The van der Waals surface area contributed by atoms with Crippen molar-refractivity contribution in [3.63, 3.8) is 0 Å². The van der Waals surface area contributed by atoms with Gasteiger partial charge in [0.05, 0.1) is 6.61 Å². The van der Waals surface area contributed by atoms with Gasteiger partial charge in [0.25, 0.3) is 0 Å². The van der Waals surface area contributed by atoms with Gasteiger partial charge in [-0.3, -0.25) is 0 Å². The van der Waals surface area contributed by atoms with Gasteiger partial charge in [-0.25, -0.2) is 0 Å². The Kier molecular flexibility index (Phi) is 5.28. The summed E-state index contributed by atoms with van der Waals surface area (Å²) in [5, 5.41) is 8.86. The van der Waals surface area contributed by atoms with Crippen molar-refractivity contribution in [3.05, 3.63) is 0 Å². The molecule has 0 aromatic heterocycles. The van der Waals surface area contributed by atoms with Crippen LogP contribution in [0.2, 0.25) is 0 Å². The van der Waals surface area contributed by atoms with Crippen molar-refractivity contribution < 1.29 is 5.11 Å². The molecule has 1 rings (SSSR count). The van der Waals surface area contributed by atoms with E-state index in [2.05, 4.69) is 24.6 Å². The highest BCUT2D eigenvalue weighted by Crippen LogP contribution is 2.37. The largest absolute Gasteiger partial charge is 0.395 e. The lowest BCUT2D eigenvalue weighted by Gasteiger charge is -2.39. The Morgan fingerprint density at radius 3 is 2.43 bits per heavy atom. The molecule has 3 heteroatoms. The van der Waals surface area contributed by atoms with E-state index in [9.17, 15) is 0 Å². The van der Waals surface area contributed by atoms with Crippen molar-refractivity contribution in [1.82, 2.24) is 4.90 Å². The summed E-state index contributed by atoms with van der Waals surface area (Å²) in [5.41, 5.74) is 0.422. The monoisotopic (exact) mass is 217 g/mol. The lowest BCUT2D eigenvalue weighted by atomic mass is 9.75. The van der Waals surface area contributed by atoms with Crippen LogP contribution >= 0.6 is 12.6 Å². The van der Waals surface area contributed by atoms with Crippen molar-refractivity contribution in [1.29, 1.82) is 0 Å². The first-order chi connectivity index (χ1) is 6.72. The average molecular weight is 217 g/mol. The number of thiol groups is 1. The van der Waals surface area contributed by atoms with Crippen LogP contribution in [0.15, 0.2) is 0 Å². The Morgan fingerprint density at radius 2 is 1.93 bits per heavy atom. The molecule has 0 atom stereocenters. The van der Waals surface area contributed by atoms with Gasteiger partial charge in [0.15, 0.2) is 0 Å². The zero-order valence-electron chi connectivity index (χ0n) is 9.21. The van der Waals surface area contributed by atoms with Crippen LogP contribution < -0.4 is 0 Å². The predicted molar refractivity (Wildman–Crippen MR) is 64.0 cm³/mol. The SMILES string of the molecule is CN(CCO)CC1(CS)CCCCC1. The minimum absolute atomic E-state index is 0.263. The summed E-state index contributed by atoms with van der Waals surface area (Å²) in [6.07, 6.45) is 6.72. The molecule has 1 N–H and O–H groups in total. The molecule has 1 saturated carbocycles. The lowest BCUT2D eigenvalue weighted by molar-refractivity contribution is 0.127. The molecule has 0 saturated heterocycles. The zero-order chi connectivity index (χ0) is 10.4. The van der Waals surface area contributed by atoms with Crippen LogP contribution in [0.5, 0.6) is 0 Å². The second kappa shape index (κ2) is 5.99. The molecule has 1 aliphatic rings. The minimum Gasteiger partial charge on any atom is -0.395 e. The Morgan fingerprint density at radius 1 is 1.29 bits per heavy atom. The Hall–Kier alpha value is 0.270. The summed E-state index contributed by atoms with van der Waals surface area (Å²) in [6, 6.07) is 0. The van der Waals surface area contributed by atoms with E-state index in [1.165, 1.54) is 32.1 Å². The first-order valence-electron chi connectivity index (χ1n) is 5.63. The fourth-order valence-corrected chi connectivity index (χ4v) is 2.91. The Labute approximate surface area is 93.1 Å². The molecule has 2 nitrogen and oxygen atoms in total. The molecular weight excluding hydrogens is 194 g/mol. The maximum atomic E-state index is 8.86. The van der Waals surface area contributed by atoms with E-state index in [1.807, 2.05) is 0 Å². The summed E-state index contributed by atoms with van der Waals surface area (Å²) in [6.45, 7) is 2.14. The molecule has 0 radical (unpaired) electrons. The van der Waals surface area contributed by atoms with Crippen LogP contribution in [0.3, 0.4) is 0 Å². The molecule has 0 aliphatic heterocycles. The third-order valence-corrected chi connectivity index (χ3v) is 4.01. The number of hydrogen-bond acceptors (Lipinski definition) is 3. The molecule has 0 aromatic carbocycles. The van der Waals surface area contributed by atoms with Crippen LogP contribution in [0.1, 0.15) is 32.1 Å². The van der Waals surface area contributed by atoms with Crippen molar-refractivity contribution >= 4 is 12.6 Å². The molecule has 0 aromatic rings. The van der Waals surface area contributed by atoms with E-state index in [1.54, 1.807) is 0 Å². The quantitative estimate of drug-likeness (QED) is 0.686. The first kappa shape index (κ1) is 12.3. The van der Waals surface area contributed by atoms with Gasteiger partial charge in [-0.2, -0.15) is 12.6 Å².